The van der Waals surface area contributed by atoms with Crippen LogP contribution in [0.5, 0.6) is 0 Å². The molecule has 0 fully saturated rings. The Morgan fingerprint density at radius 3 is 2.76 bits per heavy atom. The van der Waals surface area contributed by atoms with E-state index in [1.165, 1.54) is 0 Å². The Bertz CT molecular complexity index is 772. The third-order valence-electron chi connectivity index (χ3n) is 4.18. The second-order valence-electron chi connectivity index (χ2n) is 6.14. The largest absolute Gasteiger partial charge is 0.352 e. The van der Waals surface area contributed by atoms with Gasteiger partial charge in [-0.2, -0.15) is 0 Å². The van der Waals surface area contributed by atoms with Crippen molar-refractivity contribution in [2.24, 2.45) is 5.92 Å². The van der Waals surface area contributed by atoms with E-state index in [1.54, 1.807) is 36.7 Å². The Kier molecular flexibility index (Phi) is 5.57. The van der Waals surface area contributed by atoms with E-state index in [0.717, 1.165) is 18.4 Å². The van der Waals surface area contributed by atoms with Crippen LogP contribution in [0.3, 0.4) is 0 Å². The van der Waals surface area contributed by atoms with Crippen LogP contribution in [0.1, 0.15) is 35.2 Å². The average molecular weight is 335 g/mol. The number of nitrogens with zero attached hydrogens (tertiary/aromatic N) is 1. The molecular weight excluding hydrogens is 314 g/mol. The summed E-state index contributed by atoms with van der Waals surface area (Å²) in [4.78, 5) is 28.2. The van der Waals surface area contributed by atoms with E-state index in [0.29, 0.717) is 30.1 Å². The number of carbonyl (C=O) groups is 2. The van der Waals surface area contributed by atoms with Crippen molar-refractivity contribution in [3.63, 3.8) is 0 Å². The molecule has 25 heavy (non-hydrogen) atoms. The predicted octanol–water partition coefficient (Wildman–Crippen LogP) is 3.31. The highest BCUT2D eigenvalue weighted by atomic mass is 16.2. The second kappa shape index (κ2) is 8.24. The molecule has 1 aromatic heterocycles. The van der Waals surface area contributed by atoms with Crippen LogP contribution in [0.15, 0.2) is 60.9 Å². The van der Waals surface area contributed by atoms with Gasteiger partial charge in [-0.05, 0) is 48.6 Å². The summed E-state index contributed by atoms with van der Waals surface area (Å²) in [6, 6.07) is 10.7. The predicted molar refractivity (Wildman–Crippen MR) is 97.0 cm³/mol. The molecule has 0 aliphatic heterocycles. The van der Waals surface area contributed by atoms with E-state index in [4.69, 9.17) is 0 Å². The van der Waals surface area contributed by atoms with Crippen molar-refractivity contribution in [2.75, 3.05) is 5.32 Å². The van der Waals surface area contributed by atoms with Crippen molar-refractivity contribution < 1.29 is 9.59 Å². The van der Waals surface area contributed by atoms with Gasteiger partial charge in [-0.25, -0.2) is 0 Å². The summed E-state index contributed by atoms with van der Waals surface area (Å²) in [6.07, 6.45) is 10.1. The summed E-state index contributed by atoms with van der Waals surface area (Å²) >= 11 is 0. The van der Waals surface area contributed by atoms with Gasteiger partial charge in [0.2, 0.25) is 5.91 Å². The topological polar surface area (TPSA) is 71.1 Å². The van der Waals surface area contributed by atoms with E-state index in [1.807, 2.05) is 12.1 Å². The van der Waals surface area contributed by atoms with E-state index >= 15 is 0 Å². The lowest BCUT2D eigenvalue weighted by Gasteiger charge is -2.10. The van der Waals surface area contributed by atoms with Crippen molar-refractivity contribution >= 4 is 17.5 Å². The van der Waals surface area contributed by atoms with Gasteiger partial charge in [-0.3, -0.25) is 14.6 Å². The summed E-state index contributed by atoms with van der Waals surface area (Å²) < 4.78 is 0. The Labute approximate surface area is 147 Å². The molecule has 0 spiro atoms. The Morgan fingerprint density at radius 2 is 2.00 bits per heavy atom. The van der Waals surface area contributed by atoms with Crippen LogP contribution >= 0.6 is 0 Å². The lowest BCUT2D eigenvalue weighted by Crippen LogP contribution is -2.24. The number of aromatic nitrogens is 1. The molecule has 3 rings (SSSR count). The minimum absolute atomic E-state index is 0.0446. The van der Waals surface area contributed by atoms with Gasteiger partial charge in [0.15, 0.2) is 0 Å². The van der Waals surface area contributed by atoms with Crippen molar-refractivity contribution in [1.82, 2.24) is 10.3 Å². The molecule has 0 bridgehead atoms. The molecule has 2 N–H and O–H groups in total. The first-order valence-electron chi connectivity index (χ1n) is 8.44. The quantitative estimate of drug-likeness (QED) is 0.796. The van der Waals surface area contributed by atoms with Gasteiger partial charge in [0.25, 0.3) is 5.91 Å². The normalized spacial score (nSPS) is 15.8. The minimum atomic E-state index is -0.185. The molecular formula is C20H21N3O2. The van der Waals surface area contributed by atoms with E-state index in [2.05, 4.69) is 27.8 Å². The van der Waals surface area contributed by atoms with Gasteiger partial charge in [0, 0.05) is 36.6 Å². The van der Waals surface area contributed by atoms with E-state index < -0.39 is 0 Å². The summed E-state index contributed by atoms with van der Waals surface area (Å²) in [6.45, 7) is 0.422. The molecule has 1 heterocycles. The molecule has 1 atom stereocenters. The zero-order chi connectivity index (χ0) is 17.5. The fourth-order valence-electron chi connectivity index (χ4n) is 2.84. The maximum absolute atomic E-state index is 12.3. The van der Waals surface area contributed by atoms with Crippen molar-refractivity contribution in [1.29, 1.82) is 0 Å². The average Bonchev–Trinajstić information content (AvgIpc) is 3.14. The van der Waals surface area contributed by atoms with Gasteiger partial charge in [0.05, 0.1) is 0 Å². The molecule has 2 aromatic rings. The number of nitrogens with one attached hydrogen (secondary N) is 2. The van der Waals surface area contributed by atoms with Crippen molar-refractivity contribution in [3.05, 3.63) is 72.1 Å². The standard InChI is InChI=1S/C20H21N3O2/c24-19(13-15-4-1-2-5-15)22-14-16-6-3-7-17(12-16)20(25)23-18-8-10-21-11-9-18/h1,3-4,6-12,15H,2,5,13-14H2,(H,22,24)(H,21,23,25). The summed E-state index contributed by atoms with van der Waals surface area (Å²) in [7, 11) is 0. The maximum atomic E-state index is 12.3. The number of benzene rings is 1. The zero-order valence-corrected chi connectivity index (χ0v) is 13.9. The SMILES string of the molecule is O=C(CC1C=CCC1)NCc1cccc(C(=O)Nc2ccncc2)c1. The van der Waals surface area contributed by atoms with Crippen LogP contribution in [0.25, 0.3) is 0 Å². The number of anilines is 1. The summed E-state index contributed by atoms with van der Waals surface area (Å²) in [5.74, 6) is 0.219. The Balaban J connectivity index is 1.54. The van der Waals surface area contributed by atoms with Crippen LogP contribution in [-0.2, 0) is 11.3 Å². The Hall–Kier alpha value is -2.95. The third kappa shape index (κ3) is 5.01. The fourth-order valence-corrected chi connectivity index (χ4v) is 2.84. The maximum Gasteiger partial charge on any atom is 0.255 e. The number of rotatable bonds is 6. The number of hydrogen-bond donors (Lipinski definition) is 2. The highest BCUT2D eigenvalue weighted by Gasteiger charge is 2.14. The van der Waals surface area contributed by atoms with Crippen LogP contribution in [-0.4, -0.2) is 16.8 Å². The molecule has 1 aliphatic rings. The van der Waals surface area contributed by atoms with Crippen LogP contribution < -0.4 is 10.6 Å². The smallest absolute Gasteiger partial charge is 0.255 e. The van der Waals surface area contributed by atoms with Crippen molar-refractivity contribution in [2.45, 2.75) is 25.8 Å². The molecule has 128 valence electrons. The molecule has 0 saturated carbocycles. The number of allylic oxidation sites excluding steroid dienone is 2. The van der Waals surface area contributed by atoms with Gasteiger partial charge in [0.1, 0.15) is 0 Å². The fraction of sp³-hybridized carbons (Fsp3) is 0.250. The van der Waals surface area contributed by atoms with Crippen LogP contribution in [0, 0.1) is 5.92 Å². The molecule has 1 unspecified atom stereocenters. The first kappa shape index (κ1) is 16.9. The number of carbonyl (C=O) groups excluding carboxylic acids is 2. The highest BCUT2D eigenvalue weighted by Crippen LogP contribution is 2.20. The molecule has 2 amide bonds. The summed E-state index contributed by atoms with van der Waals surface area (Å²) in [5.41, 5.74) is 2.16. The van der Waals surface area contributed by atoms with E-state index in [-0.39, 0.29) is 11.8 Å². The number of amides is 2. The van der Waals surface area contributed by atoms with Crippen molar-refractivity contribution in [3.8, 4) is 0 Å². The molecule has 1 aliphatic carbocycles. The molecule has 5 nitrogen and oxygen atoms in total. The molecule has 0 radical (unpaired) electrons. The summed E-state index contributed by atoms with van der Waals surface area (Å²) in [5, 5.41) is 5.75. The lowest BCUT2D eigenvalue weighted by molar-refractivity contribution is -0.121. The van der Waals surface area contributed by atoms with Gasteiger partial charge in [-0.15, -0.1) is 0 Å². The van der Waals surface area contributed by atoms with Gasteiger partial charge >= 0.3 is 0 Å². The van der Waals surface area contributed by atoms with E-state index in [9.17, 15) is 9.59 Å². The first-order valence-corrected chi connectivity index (χ1v) is 8.44. The van der Waals surface area contributed by atoms with Crippen LogP contribution in [0.4, 0.5) is 5.69 Å². The first-order chi connectivity index (χ1) is 12.2. The van der Waals surface area contributed by atoms with Gasteiger partial charge < -0.3 is 10.6 Å². The van der Waals surface area contributed by atoms with Crippen LogP contribution in [0.2, 0.25) is 0 Å². The van der Waals surface area contributed by atoms with Gasteiger partial charge in [-0.1, -0.05) is 24.3 Å². The number of pyridine rings is 1. The zero-order valence-electron chi connectivity index (χ0n) is 13.9. The third-order valence-corrected chi connectivity index (χ3v) is 4.18. The molecule has 5 heteroatoms. The second-order valence-corrected chi connectivity index (χ2v) is 6.14. The lowest BCUT2D eigenvalue weighted by atomic mass is 10.0. The highest BCUT2D eigenvalue weighted by molar-refractivity contribution is 6.04. The Morgan fingerprint density at radius 1 is 1.16 bits per heavy atom. The molecule has 1 aromatic carbocycles. The molecule has 0 saturated heterocycles. The minimum Gasteiger partial charge on any atom is -0.352 e. The number of hydrogen-bond acceptors (Lipinski definition) is 3. The monoisotopic (exact) mass is 335 g/mol.